The van der Waals surface area contributed by atoms with Crippen molar-refractivity contribution >= 4 is 28.3 Å². The van der Waals surface area contributed by atoms with E-state index in [0.29, 0.717) is 11.3 Å². The molecule has 1 N–H and O–H groups in total. The molecule has 5 heteroatoms. The lowest BCUT2D eigenvalue weighted by Gasteiger charge is -2.08. The number of carbonyl (C=O) groups excluding carboxylic acids is 2. The Morgan fingerprint density at radius 3 is 2.54 bits per heavy atom. The highest BCUT2D eigenvalue weighted by Gasteiger charge is 2.10. The summed E-state index contributed by atoms with van der Waals surface area (Å²) in [6.07, 6.45) is 0.0806. The van der Waals surface area contributed by atoms with Crippen LogP contribution in [0.15, 0.2) is 60.7 Å². The molecule has 0 aliphatic carbocycles. The Kier molecular flexibility index (Phi) is 5.27. The third kappa shape index (κ3) is 4.45. The minimum atomic E-state index is -0.514. The molecule has 0 atom stereocenters. The zero-order chi connectivity index (χ0) is 18.5. The van der Waals surface area contributed by atoms with Crippen molar-refractivity contribution in [1.29, 1.82) is 0 Å². The highest BCUT2D eigenvalue weighted by atomic mass is 19.1. The summed E-state index contributed by atoms with van der Waals surface area (Å²) in [5, 5.41) is 4.63. The zero-order valence-corrected chi connectivity index (χ0v) is 14.3. The lowest BCUT2D eigenvalue weighted by Crippen LogP contribution is -2.21. The number of hydrogen-bond acceptors (Lipinski definition) is 3. The smallest absolute Gasteiger partial charge is 0.310 e. The average molecular weight is 351 g/mol. The second kappa shape index (κ2) is 7.78. The van der Waals surface area contributed by atoms with Crippen molar-refractivity contribution in [3.63, 3.8) is 0 Å². The molecule has 0 radical (unpaired) electrons. The predicted octanol–water partition coefficient (Wildman–Crippen LogP) is 4.01. The number of rotatable bonds is 5. The lowest BCUT2D eigenvalue weighted by molar-refractivity contribution is -0.146. The Morgan fingerprint density at radius 1 is 1.00 bits per heavy atom. The van der Waals surface area contributed by atoms with Crippen molar-refractivity contribution in [2.24, 2.45) is 0 Å². The molecular formula is C21H18FNO3. The highest BCUT2D eigenvalue weighted by molar-refractivity contribution is 5.93. The molecule has 3 rings (SSSR count). The summed E-state index contributed by atoms with van der Waals surface area (Å²) < 4.78 is 18.5. The number of aryl methyl sites for hydroxylation is 1. The fourth-order valence-electron chi connectivity index (χ4n) is 2.58. The number of hydrogen-bond donors (Lipinski definition) is 1. The maximum Gasteiger partial charge on any atom is 0.310 e. The van der Waals surface area contributed by atoms with E-state index in [1.54, 1.807) is 19.1 Å². The number of benzene rings is 3. The van der Waals surface area contributed by atoms with Gasteiger partial charge in [0.15, 0.2) is 6.61 Å². The summed E-state index contributed by atoms with van der Waals surface area (Å²) in [5.41, 5.74) is 1.63. The van der Waals surface area contributed by atoms with Gasteiger partial charge in [-0.15, -0.1) is 0 Å². The summed E-state index contributed by atoms with van der Waals surface area (Å²) in [6, 6.07) is 18.0. The van der Waals surface area contributed by atoms with E-state index in [4.69, 9.17) is 4.74 Å². The van der Waals surface area contributed by atoms with Crippen LogP contribution in [0.4, 0.5) is 10.1 Å². The number of nitrogens with one attached hydrogen (secondary N) is 1. The van der Waals surface area contributed by atoms with Gasteiger partial charge in [0.25, 0.3) is 5.91 Å². The molecule has 26 heavy (non-hydrogen) atoms. The maximum atomic E-state index is 13.5. The Morgan fingerprint density at radius 2 is 1.77 bits per heavy atom. The Balaban J connectivity index is 1.52. The van der Waals surface area contributed by atoms with Crippen LogP contribution >= 0.6 is 0 Å². The topological polar surface area (TPSA) is 55.4 Å². The van der Waals surface area contributed by atoms with Crippen molar-refractivity contribution in [3.05, 3.63) is 77.6 Å². The standard InChI is InChI=1S/C21H18FNO3/c1-14-6-9-18(12-19(14)22)23-20(24)13-26-21(25)11-15-7-8-16-4-2-3-5-17(16)10-15/h2-10,12H,11,13H2,1H3,(H,23,24). The van der Waals surface area contributed by atoms with Gasteiger partial charge in [0.1, 0.15) is 5.82 Å². The molecule has 0 saturated heterocycles. The van der Waals surface area contributed by atoms with E-state index >= 15 is 0 Å². The van der Waals surface area contributed by atoms with E-state index in [-0.39, 0.29) is 6.42 Å². The molecule has 0 spiro atoms. The van der Waals surface area contributed by atoms with E-state index in [1.807, 2.05) is 42.5 Å². The third-order valence-electron chi connectivity index (χ3n) is 3.98. The predicted molar refractivity (Wildman–Crippen MR) is 98.4 cm³/mol. The number of carbonyl (C=O) groups is 2. The number of halogens is 1. The van der Waals surface area contributed by atoms with Crippen LogP contribution in [0.3, 0.4) is 0 Å². The molecular weight excluding hydrogens is 333 g/mol. The molecule has 0 saturated carbocycles. The van der Waals surface area contributed by atoms with E-state index in [2.05, 4.69) is 5.32 Å². The van der Waals surface area contributed by atoms with Gasteiger partial charge in [-0.25, -0.2) is 4.39 Å². The number of esters is 1. The lowest BCUT2D eigenvalue weighted by atomic mass is 10.1. The SMILES string of the molecule is Cc1ccc(NC(=O)COC(=O)Cc2ccc3ccccc3c2)cc1F. The van der Waals surface area contributed by atoms with E-state index in [0.717, 1.165) is 16.3 Å². The first-order valence-corrected chi connectivity index (χ1v) is 8.20. The molecule has 0 unspecified atom stereocenters. The molecule has 0 fully saturated rings. The van der Waals surface area contributed by atoms with Gasteiger partial charge < -0.3 is 10.1 Å². The summed E-state index contributed by atoms with van der Waals surface area (Å²) in [7, 11) is 0. The molecule has 0 aliphatic rings. The quantitative estimate of drug-likeness (QED) is 0.707. The molecule has 4 nitrogen and oxygen atoms in total. The van der Waals surface area contributed by atoms with Gasteiger partial charge in [0.2, 0.25) is 0 Å². The van der Waals surface area contributed by atoms with E-state index in [1.165, 1.54) is 6.07 Å². The van der Waals surface area contributed by atoms with Crippen LogP contribution in [0.5, 0.6) is 0 Å². The number of amides is 1. The summed E-state index contributed by atoms with van der Waals surface area (Å²) in [5.74, 6) is -1.42. The summed E-state index contributed by atoms with van der Waals surface area (Å²) >= 11 is 0. The Labute approximate surface area is 150 Å². The van der Waals surface area contributed by atoms with Gasteiger partial charge in [-0.1, -0.05) is 48.5 Å². The molecule has 0 aliphatic heterocycles. The first-order valence-electron chi connectivity index (χ1n) is 8.20. The number of ether oxygens (including phenoxy) is 1. The van der Waals surface area contributed by atoms with Crippen LogP contribution in [0.1, 0.15) is 11.1 Å². The fourth-order valence-corrected chi connectivity index (χ4v) is 2.58. The third-order valence-corrected chi connectivity index (χ3v) is 3.98. The first kappa shape index (κ1) is 17.6. The average Bonchev–Trinajstić information content (AvgIpc) is 2.63. The summed E-state index contributed by atoms with van der Waals surface area (Å²) in [4.78, 5) is 23.8. The van der Waals surface area contributed by atoms with Crippen molar-refractivity contribution in [1.82, 2.24) is 0 Å². The normalized spacial score (nSPS) is 10.5. The fraction of sp³-hybridized carbons (Fsp3) is 0.143. The zero-order valence-electron chi connectivity index (χ0n) is 14.3. The second-order valence-electron chi connectivity index (χ2n) is 6.03. The van der Waals surface area contributed by atoms with Gasteiger partial charge >= 0.3 is 5.97 Å². The van der Waals surface area contributed by atoms with Crippen LogP contribution in [-0.2, 0) is 20.7 Å². The van der Waals surface area contributed by atoms with Gasteiger partial charge in [-0.05, 0) is 41.0 Å². The molecule has 3 aromatic carbocycles. The molecule has 3 aromatic rings. The van der Waals surface area contributed by atoms with Gasteiger partial charge in [-0.3, -0.25) is 9.59 Å². The van der Waals surface area contributed by atoms with Crippen LogP contribution in [0, 0.1) is 12.7 Å². The van der Waals surface area contributed by atoms with Crippen LogP contribution in [-0.4, -0.2) is 18.5 Å². The van der Waals surface area contributed by atoms with Gasteiger partial charge in [0, 0.05) is 5.69 Å². The molecule has 1 amide bonds. The molecule has 0 heterocycles. The van der Waals surface area contributed by atoms with E-state index < -0.39 is 24.3 Å². The molecule has 132 valence electrons. The van der Waals surface area contributed by atoms with Gasteiger partial charge in [0.05, 0.1) is 6.42 Å². The first-order chi connectivity index (χ1) is 12.5. The van der Waals surface area contributed by atoms with Crippen molar-refractivity contribution in [3.8, 4) is 0 Å². The van der Waals surface area contributed by atoms with Crippen LogP contribution in [0.25, 0.3) is 10.8 Å². The maximum absolute atomic E-state index is 13.5. The van der Waals surface area contributed by atoms with Crippen LogP contribution in [0.2, 0.25) is 0 Å². The Bertz CT molecular complexity index is 968. The molecule has 0 bridgehead atoms. The number of anilines is 1. The largest absolute Gasteiger partial charge is 0.455 e. The van der Waals surface area contributed by atoms with E-state index in [9.17, 15) is 14.0 Å². The monoisotopic (exact) mass is 351 g/mol. The van der Waals surface area contributed by atoms with Crippen LogP contribution < -0.4 is 5.32 Å². The number of fused-ring (bicyclic) bond motifs is 1. The minimum Gasteiger partial charge on any atom is -0.455 e. The van der Waals surface area contributed by atoms with Gasteiger partial charge in [-0.2, -0.15) is 0 Å². The summed E-state index contributed by atoms with van der Waals surface area (Å²) in [6.45, 7) is 1.22. The van der Waals surface area contributed by atoms with Crippen molar-refractivity contribution in [2.45, 2.75) is 13.3 Å². The molecule has 0 aromatic heterocycles. The highest BCUT2D eigenvalue weighted by Crippen LogP contribution is 2.16. The van der Waals surface area contributed by atoms with Crippen molar-refractivity contribution < 1.29 is 18.7 Å². The minimum absolute atomic E-state index is 0.0806. The second-order valence-corrected chi connectivity index (χ2v) is 6.03. The van der Waals surface area contributed by atoms with Crippen molar-refractivity contribution in [2.75, 3.05) is 11.9 Å². The Hall–Kier alpha value is -3.21.